The van der Waals surface area contributed by atoms with Crippen molar-refractivity contribution >= 4 is 34.4 Å². The number of carbonyl (C=O) groups excluding carboxylic acids is 3. The van der Waals surface area contributed by atoms with Crippen LogP contribution in [-0.4, -0.2) is 56.2 Å². The summed E-state index contributed by atoms with van der Waals surface area (Å²) in [6.45, 7) is 3.60. The van der Waals surface area contributed by atoms with Crippen LogP contribution in [0.15, 0.2) is 34.7 Å². The predicted molar refractivity (Wildman–Crippen MR) is 145 cm³/mol. The van der Waals surface area contributed by atoms with Crippen LogP contribution in [0.5, 0.6) is 0 Å². The van der Waals surface area contributed by atoms with E-state index in [0.717, 1.165) is 22.1 Å². The lowest BCUT2D eigenvalue weighted by molar-refractivity contribution is -0.132. The summed E-state index contributed by atoms with van der Waals surface area (Å²) in [6.07, 6.45) is 3.33. The van der Waals surface area contributed by atoms with E-state index in [1.54, 1.807) is 30.8 Å². The largest absolute Gasteiger partial charge is 0.479 e. The highest BCUT2D eigenvalue weighted by molar-refractivity contribution is 5.94. The molecule has 0 bridgehead atoms. The van der Waals surface area contributed by atoms with E-state index in [1.165, 1.54) is 6.07 Å². The van der Waals surface area contributed by atoms with Gasteiger partial charge >= 0.3 is 0 Å². The van der Waals surface area contributed by atoms with Crippen LogP contribution >= 0.6 is 0 Å². The van der Waals surface area contributed by atoms with Gasteiger partial charge in [-0.05, 0) is 61.8 Å². The summed E-state index contributed by atoms with van der Waals surface area (Å²) >= 11 is 0. The van der Waals surface area contributed by atoms with Crippen LogP contribution < -0.4 is 5.32 Å². The minimum Gasteiger partial charge on any atom is -0.479 e. The van der Waals surface area contributed by atoms with Gasteiger partial charge in [-0.3, -0.25) is 4.79 Å². The van der Waals surface area contributed by atoms with Crippen molar-refractivity contribution in [3.05, 3.63) is 68.5 Å². The van der Waals surface area contributed by atoms with Gasteiger partial charge in [0.2, 0.25) is 11.7 Å². The molecule has 2 atom stereocenters. The van der Waals surface area contributed by atoms with E-state index < -0.39 is 11.7 Å². The third-order valence-electron chi connectivity index (χ3n) is 9.47. The lowest BCUT2D eigenvalue weighted by Crippen LogP contribution is -2.43. The molecule has 3 N–H and O–H groups in total. The van der Waals surface area contributed by atoms with E-state index in [4.69, 9.17) is 9.72 Å². The Morgan fingerprint density at radius 3 is 2.76 bits per heavy atom. The summed E-state index contributed by atoms with van der Waals surface area (Å²) in [6, 6.07) is 1.03. The van der Waals surface area contributed by atoms with Crippen LogP contribution in [0.3, 0.4) is 0 Å². The number of rotatable bonds is 3. The first-order chi connectivity index (χ1) is 19.7. The number of halogens is 1. The summed E-state index contributed by atoms with van der Waals surface area (Å²) in [5.41, 5.74) is 3.69. The minimum atomic E-state index is -1.79. The molecule has 0 saturated heterocycles. The summed E-state index contributed by atoms with van der Waals surface area (Å²) in [5.74, 6) is 2.72. The summed E-state index contributed by atoms with van der Waals surface area (Å²) in [4.78, 5) is 43.8. The normalized spacial score (nSPS) is 27.7. The Balaban J connectivity index is 1.44. The topological polar surface area (TPSA) is 129 Å². The molecule has 1 aromatic carbocycles. The first-order valence-electron chi connectivity index (χ1n) is 13.9. The standard InChI is InChI=1S/C31H28FN3O6/c1-3-31(40)20-8-24-29-18(10-35(24)25(11-36)19(20)13-41-26(31)12-37)28-22(34-30(39)15-6-16(38)7-15)5-4-17-14(2)21(32)9-23(33-29)27(17)28/h8-9,15-16,22,38,40H,3-7,10,13H2,1-2H3,(H,34,39)/t15?,16?,22-,31-/m0/s1. The quantitative estimate of drug-likeness (QED) is 0.492. The van der Waals surface area contributed by atoms with Gasteiger partial charge in [0.25, 0.3) is 0 Å². The number of hydrogen-bond donors (Lipinski definition) is 3. The number of aliphatic hydroxyl groups is 2. The fraction of sp³-hybridized carbons (Fsp3) is 0.419. The summed E-state index contributed by atoms with van der Waals surface area (Å²) in [5, 5.41) is 25.2. The lowest BCUT2D eigenvalue weighted by atomic mass is 9.79. The van der Waals surface area contributed by atoms with Crippen LogP contribution in [0.1, 0.15) is 66.6 Å². The summed E-state index contributed by atoms with van der Waals surface area (Å²) in [7, 11) is 0. The summed E-state index contributed by atoms with van der Waals surface area (Å²) < 4.78 is 20.6. The van der Waals surface area contributed by atoms with Gasteiger partial charge in [-0.15, -0.1) is 0 Å². The molecular formula is C31H28FN3O6. The van der Waals surface area contributed by atoms with Crippen molar-refractivity contribution in [2.75, 3.05) is 6.61 Å². The molecule has 1 saturated carbocycles. The Hall–Kier alpha value is -4.07. The Bertz CT molecular complexity index is 1740. The van der Waals surface area contributed by atoms with Crippen molar-refractivity contribution in [1.29, 1.82) is 0 Å². The lowest BCUT2D eigenvalue weighted by Gasteiger charge is -2.39. The minimum absolute atomic E-state index is 0.105. The molecule has 0 unspecified atom stereocenters. The molecule has 4 heterocycles. The van der Waals surface area contributed by atoms with Gasteiger partial charge in [0, 0.05) is 34.1 Å². The highest BCUT2D eigenvalue weighted by atomic mass is 19.1. The average molecular weight is 558 g/mol. The maximum absolute atomic E-state index is 15.1. The van der Waals surface area contributed by atoms with Crippen molar-refractivity contribution < 1.29 is 33.7 Å². The molecule has 0 spiro atoms. The SMILES string of the molecule is CC[C@@]1(O)C(=C=O)OCC2=C1C=C1c3nc4cc(F)c(C)c5c4c(c3CN1C2=C=O)[C@@H](NC(=O)C1CC(O)C1)CC5. The number of amides is 1. The van der Waals surface area contributed by atoms with Crippen molar-refractivity contribution in [1.82, 2.24) is 15.2 Å². The van der Waals surface area contributed by atoms with Crippen molar-refractivity contribution in [2.24, 2.45) is 5.92 Å². The number of aliphatic hydroxyl groups excluding tert-OH is 1. The van der Waals surface area contributed by atoms with Crippen molar-refractivity contribution in [3.63, 3.8) is 0 Å². The van der Waals surface area contributed by atoms with E-state index >= 15 is 4.39 Å². The van der Waals surface area contributed by atoms with Crippen LogP contribution in [0, 0.1) is 18.7 Å². The second-order valence-corrected chi connectivity index (χ2v) is 11.5. The fourth-order valence-electron chi connectivity index (χ4n) is 7.09. The molecule has 0 radical (unpaired) electrons. The first-order valence-corrected chi connectivity index (χ1v) is 13.9. The van der Waals surface area contributed by atoms with Gasteiger partial charge < -0.3 is 25.2 Å². The molecule has 10 heteroatoms. The number of aryl methyl sites for hydroxylation is 1. The van der Waals surface area contributed by atoms with Gasteiger partial charge in [-0.2, -0.15) is 0 Å². The van der Waals surface area contributed by atoms with Gasteiger partial charge in [0.1, 0.15) is 18.1 Å². The molecule has 9 nitrogen and oxygen atoms in total. The third-order valence-corrected chi connectivity index (χ3v) is 9.47. The predicted octanol–water partition coefficient (Wildman–Crippen LogP) is 2.63. The smallest absolute Gasteiger partial charge is 0.223 e. The number of ether oxygens (including phenoxy) is 1. The molecule has 210 valence electrons. The molecule has 1 amide bonds. The Kier molecular flexibility index (Phi) is 5.66. The third kappa shape index (κ3) is 3.49. The van der Waals surface area contributed by atoms with Crippen LogP contribution in [0.2, 0.25) is 0 Å². The Morgan fingerprint density at radius 2 is 2.07 bits per heavy atom. The molecule has 41 heavy (non-hydrogen) atoms. The number of nitrogens with one attached hydrogen (secondary N) is 1. The highest BCUT2D eigenvalue weighted by Gasteiger charge is 2.48. The van der Waals surface area contributed by atoms with Crippen molar-refractivity contribution in [2.45, 2.75) is 70.2 Å². The average Bonchev–Trinajstić information content (AvgIpc) is 3.31. The number of aromatic nitrogens is 1. The molecule has 1 fully saturated rings. The molecule has 2 aliphatic carbocycles. The number of nitrogens with zero attached hydrogens (tertiary/aromatic N) is 2. The monoisotopic (exact) mass is 557 g/mol. The van der Waals surface area contributed by atoms with Crippen LogP contribution in [0.25, 0.3) is 16.6 Å². The Labute approximate surface area is 234 Å². The second kappa shape index (κ2) is 8.96. The second-order valence-electron chi connectivity index (χ2n) is 11.5. The van der Waals surface area contributed by atoms with E-state index in [0.29, 0.717) is 59.3 Å². The molecule has 1 aromatic heterocycles. The van der Waals surface area contributed by atoms with Gasteiger partial charge in [-0.25, -0.2) is 19.0 Å². The number of carbonyl (C=O) groups is 1. The zero-order valence-electron chi connectivity index (χ0n) is 22.6. The fourth-order valence-corrected chi connectivity index (χ4v) is 7.09. The molecule has 7 rings (SSSR count). The van der Waals surface area contributed by atoms with Gasteiger partial charge in [0.05, 0.1) is 35.6 Å². The number of hydrogen-bond acceptors (Lipinski definition) is 8. The van der Waals surface area contributed by atoms with Crippen molar-refractivity contribution in [3.8, 4) is 0 Å². The molecule has 3 aliphatic heterocycles. The van der Waals surface area contributed by atoms with E-state index in [9.17, 15) is 24.6 Å². The number of benzene rings is 1. The maximum atomic E-state index is 15.1. The number of pyridine rings is 1. The van der Waals surface area contributed by atoms with Gasteiger partial charge in [-0.1, -0.05) is 6.92 Å². The zero-order chi connectivity index (χ0) is 28.8. The van der Waals surface area contributed by atoms with Crippen LogP contribution in [-0.2, 0) is 32.1 Å². The van der Waals surface area contributed by atoms with Crippen LogP contribution in [0.4, 0.5) is 4.39 Å². The van der Waals surface area contributed by atoms with E-state index in [2.05, 4.69) is 5.32 Å². The highest BCUT2D eigenvalue weighted by Crippen LogP contribution is 2.51. The van der Waals surface area contributed by atoms with E-state index in [1.807, 2.05) is 5.94 Å². The molecule has 5 aliphatic rings. The number of fused-ring (bicyclic) bond motifs is 4. The van der Waals surface area contributed by atoms with E-state index in [-0.39, 0.29) is 54.7 Å². The maximum Gasteiger partial charge on any atom is 0.223 e. The Morgan fingerprint density at radius 1 is 1.29 bits per heavy atom. The first kappa shape index (κ1) is 25.9. The molecular weight excluding hydrogens is 529 g/mol. The van der Waals surface area contributed by atoms with Gasteiger partial charge in [0.15, 0.2) is 17.5 Å². The molecule has 2 aromatic rings. The zero-order valence-corrected chi connectivity index (χ0v) is 22.6.